The van der Waals surface area contributed by atoms with Crippen molar-refractivity contribution in [1.82, 2.24) is 39.5 Å². The van der Waals surface area contributed by atoms with E-state index in [1.165, 1.54) is 21.8 Å². The van der Waals surface area contributed by atoms with Crippen molar-refractivity contribution < 1.29 is 4.79 Å². The average Bonchev–Trinajstić information content (AvgIpc) is 4.05. The Morgan fingerprint density at radius 2 is 1.16 bits per heavy atom. The van der Waals surface area contributed by atoms with E-state index in [4.69, 9.17) is 5.73 Å². The molecule has 0 atom stereocenters. The van der Waals surface area contributed by atoms with Crippen LogP contribution in [-0.4, -0.2) is 58.3 Å². The third-order valence-corrected chi connectivity index (χ3v) is 11.3. The van der Waals surface area contributed by atoms with Crippen molar-refractivity contribution in [3.05, 3.63) is 141 Å². The number of hydrogen-bond acceptors (Lipinski definition) is 13. The molecule has 0 aliphatic carbocycles. The van der Waals surface area contributed by atoms with Gasteiger partial charge in [0.05, 0.1) is 16.3 Å². The lowest BCUT2D eigenvalue weighted by Crippen LogP contribution is -2.01. The number of nitrogens with one attached hydrogen (secondary N) is 1. The molecule has 0 aliphatic heterocycles. The van der Waals surface area contributed by atoms with Gasteiger partial charge in [-0.05, 0) is 133 Å². The zero-order valence-corrected chi connectivity index (χ0v) is 33.8. The fourth-order valence-corrected chi connectivity index (χ4v) is 7.62. The summed E-state index contributed by atoms with van der Waals surface area (Å²) in [5.41, 5.74) is 13.8. The van der Waals surface area contributed by atoms with Gasteiger partial charge in [-0.15, -0.1) is 32.9 Å². The summed E-state index contributed by atoms with van der Waals surface area (Å²) in [5.74, 6) is 1.39. The molecule has 0 unspecified atom stereocenters. The predicted molar refractivity (Wildman–Crippen MR) is 235 cm³/mol. The molecule has 8 rings (SSSR count). The summed E-state index contributed by atoms with van der Waals surface area (Å²) < 4.78 is 3.70. The molecule has 2 aromatic carbocycles. The molecule has 0 bridgehead atoms. The van der Waals surface area contributed by atoms with Crippen molar-refractivity contribution in [2.24, 2.45) is 0 Å². The van der Waals surface area contributed by atoms with E-state index in [1.807, 2.05) is 88.8 Å². The Kier molecular flexibility index (Phi) is 15.1. The minimum atomic E-state index is 0. The number of anilines is 2. The number of thioether (sulfide) groups is 2. The fourth-order valence-electron chi connectivity index (χ4n) is 5.05. The number of rotatable bonds is 10. The molecule has 0 aliphatic rings. The quantitative estimate of drug-likeness (QED) is 0.0773. The summed E-state index contributed by atoms with van der Waals surface area (Å²) in [6.45, 7) is 4.92. The number of thiophene rings is 2. The van der Waals surface area contributed by atoms with E-state index < -0.39 is 0 Å². The third kappa shape index (κ3) is 10.6. The number of benzene rings is 2. The Hall–Kier alpha value is -5.61. The van der Waals surface area contributed by atoms with Gasteiger partial charge >= 0.3 is 0 Å². The van der Waals surface area contributed by atoms with Crippen LogP contribution in [0.5, 0.6) is 0 Å². The van der Waals surface area contributed by atoms with Crippen LogP contribution < -0.4 is 11.1 Å². The lowest BCUT2D eigenvalue weighted by Gasteiger charge is -2.08. The molecule has 286 valence electrons. The highest BCUT2D eigenvalue weighted by molar-refractivity contribution is 7.98. The highest BCUT2D eigenvalue weighted by Gasteiger charge is 2.14. The Morgan fingerprint density at radius 1 is 0.679 bits per heavy atom. The van der Waals surface area contributed by atoms with Crippen molar-refractivity contribution >= 4 is 63.9 Å². The normalized spacial score (nSPS) is 10.4. The van der Waals surface area contributed by atoms with Crippen molar-refractivity contribution in [1.29, 1.82) is 0 Å². The van der Waals surface area contributed by atoms with Crippen LogP contribution in [0.25, 0.3) is 34.2 Å². The molecule has 0 amide bonds. The van der Waals surface area contributed by atoms with Crippen molar-refractivity contribution in [3.8, 4) is 34.2 Å². The second-order valence-corrected chi connectivity index (χ2v) is 15.2. The van der Waals surface area contributed by atoms with Gasteiger partial charge < -0.3 is 11.1 Å². The first-order valence-corrected chi connectivity index (χ1v) is 21.1. The van der Waals surface area contributed by atoms with Gasteiger partial charge in [0.25, 0.3) is 0 Å². The Balaban J connectivity index is 0.000000181. The van der Waals surface area contributed by atoms with Crippen LogP contribution in [0.15, 0.2) is 131 Å². The predicted octanol–water partition coefficient (Wildman–Crippen LogP) is 10.2. The number of aryl methyl sites for hydroxylation is 2. The summed E-state index contributed by atoms with van der Waals surface area (Å²) in [7, 11) is 0. The second kappa shape index (κ2) is 20.3. The summed E-state index contributed by atoms with van der Waals surface area (Å²) in [5, 5.41) is 18.5. The molecule has 3 N–H and O–H groups in total. The van der Waals surface area contributed by atoms with E-state index in [0.717, 1.165) is 67.5 Å². The first-order valence-electron chi connectivity index (χ1n) is 16.9. The van der Waals surface area contributed by atoms with Crippen LogP contribution in [-0.2, 0) is 6.54 Å². The largest absolute Gasteiger partial charge is 0.399 e. The van der Waals surface area contributed by atoms with Crippen LogP contribution in [0.3, 0.4) is 0 Å². The second-order valence-electron chi connectivity index (χ2n) is 11.7. The molecule has 11 nitrogen and oxygen atoms in total. The van der Waals surface area contributed by atoms with Crippen LogP contribution in [0.4, 0.5) is 11.4 Å². The topological polar surface area (TPSA) is 142 Å². The van der Waals surface area contributed by atoms with E-state index in [1.54, 1.807) is 59.6 Å². The number of nitrogens with two attached hydrogens (primary N) is 1. The zero-order valence-electron chi connectivity index (χ0n) is 30.5. The number of nitrogen functional groups attached to an aromatic ring is 1. The van der Waals surface area contributed by atoms with Crippen molar-refractivity contribution in [2.45, 2.75) is 38.1 Å². The summed E-state index contributed by atoms with van der Waals surface area (Å²) in [6.07, 6.45) is 11.9. The van der Waals surface area contributed by atoms with Gasteiger partial charge in [-0.2, -0.15) is 0 Å². The van der Waals surface area contributed by atoms with Gasteiger partial charge in [-0.1, -0.05) is 31.0 Å². The smallest absolute Gasteiger partial charge is 0.191 e. The van der Waals surface area contributed by atoms with Crippen LogP contribution in [0.1, 0.15) is 33.1 Å². The molecule has 0 fully saturated rings. The number of aromatic nitrogens is 8. The number of pyridine rings is 2. The Bertz CT molecular complexity index is 2410. The van der Waals surface area contributed by atoms with Crippen molar-refractivity contribution in [2.75, 3.05) is 23.6 Å². The Morgan fingerprint density at radius 3 is 1.57 bits per heavy atom. The van der Waals surface area contributed by atoms with E-state index in [-0.39, 0.29) is 7.43 Å². The maximum Gasteiger partial charge on any atom is 0.191 e. The lowest BCUT2D eigenvalue weighted by molar-refractivity contribution is 0.112. The number of hydrogen-bond donors (Lipinski definition) is 2. The van der Waals surface area contributed by atoms with E-state index in [2.05, 4.69) is 78.1 Å². The zero-order chi connectivity index (χ0) is 38.6. The minimum absolute atomic E-state index is 0. The summed E-state index contributed by atoms with van der Waals surface area (Å²) in [6, 6.07) is 27.6. The van der Waals surface area contributed by atoms with Crippen LogP contribution in [0, 0.1) is 13.8 Å². The fraction of sp³-hybridized carbons (Fsp3) is 0.146. The molecular weight excluding hydrogens is 777 g/mol. The third-order valence-electron chi connectivity index (χ3n) is 8.08. The first kappa shape index (κ1) is 41.6. The van der Waals surface area contributed by atoms with Gasteiger partial charge in [0, 0.05) is 58.7 Å². The number of carbonyl (C=O) groups excluding carboxylic acids is 1. The van der Waals surface area contributed by atoms with Crippen LogP contribution >= 0.6 is 46.2 Å². The average molecular weight is 819 g/mol. The van der Waals surface area contributed by atoms with E-state index >= 15 is 0 Å². The van der Waals surface area contributed by atoms with Gasteiger partial charge in [0.1, 0.15) is 0 Å². The highest BCUT2D eigenvalue weighted by Crippen LogP contribution is 2.26. The van der Waals surface area contributed by atoms with Gasteiger partial charge in [-0.25, -0.2) is 19.3 Å². The molecule has 0 spiro atoms. The molecule has 6 heterocycles. The molecule has 0 saturated carbocycles. The monoisotopic (exact) mass is 818 g/mol. The van der Waals surface area contributed by atoms with E-state index in [9.17, 15) is 4.79 Å². The molecule has 6 aromatic heterocycles. The maximum absolute atomic E-state index is 10.1. The van der Waals surface area contributed by atoms with Gasteiger partial charge in [0.15, 0.2) is 28.2 Å². The minimum Gasteiger partial charge on any atom is -0.399 e. The standard InChI is InChI=1S/C20H19N5S2.C14H13N5S.C6H6OS.CH4/c1-14-9-12-27-18(14)13-22-16-3-5-17(6-4-16)25-20(26-2)23-19(24-25)15-7-10-21-11-8-15;1-20-14-17-13(10-6-8-16-9-7-10)18-19(14)12-4-2-11(15)3-5-12;1-5-2-3-8-6(5)4-7;/h3-12,22H,13H2,1-2H3;2-9H,15H2,1H3;2-4H,1H3;1H4. The van der Waals surface area contributed by atoms with Gasteiger partial charge in [0.2, 0.25) is 0 Å². The summed E-state index contributed by atoms with van der Waals surface area (Å²) in [4.78, 5) is 29.6. The number of aldehydes is 1. The maximum atomic E-state index is 10.1. The molecular formula is C41H42N10OS4. The van der Waals surface area contributed by atoms with Crippen molar-refractivity contribution in [3.63, 3.8) is 0 Å². The molecule has 8 aromatic rings. The molecule has 0 saturated heterocycles. The number of nitrogens with zero attached hydrogens (tertiary/aromatic N) is 8. The first-order chi connectivity index (χ1) is 26.9. The van der Waals surface area contributed by atoms with E-state index in [0.29, 0.717) is 11.6 Å². The SMILES string of the molecule is C.CSc1nc(-c2ccncc2)nn1-c1ccc(N)cc1.CSc1nc(-c2ccncc2)nn1-c1ccc(NCc2sccc2C)cc1.Cc1ccsc1C=O. The van der Waals surface area contributed by atoms with Crippen LogP contribution in [0.2, 0.25) is 0 Å². The molecule has 15 heteroatoms. The summed E-state index contributed by atoms with van der Waals surface area (Å²) >= 11 is 6.40. The molecule has 0 radical (unpaired) electrons. The Labute approximate surface area is 343 Å². The number of carbonyl (C=O) groups is 1. The van der Waals surface area contributed by atoms with Gasteiger partial charge in [-0.3, -0.25) is 14.8 Å². The highest BCUT2D eigenvalue weighted by atomic mass is 32.2. The lowest BCUT2D eigenvalue weighted by atomic mass is 10.2. The molecule has 56 heavy (non-hydrogen) atoms.